The van der Waals surface area contributed by atoms with Crippen molar-refractivity contribution in [3.63, 3.8) is 0 Å². The predicted molar refractivity (Wildman–Crippen MR) is 61.4 cm³/mol. The standard InChI is InChI=1S/C11H16ClFN2/c1-8(14)4-5-15-7-9-6-10(12)2-3-11(9)13/h2-3,6,8,15H,4-5,7,14H2,1H3. The highest BCUT2D eigenvalue weighted by atomic mass is 35.5. The van der Waals surface area contributed by atoms with Crippen LogP contribution in [0.4, 0.5) is 4.39 Å². The molecular weight excluding hydrogens is 215 g/mol. The Labute approximate surface area is 94.6 Å². The van der Waals surface area contributed by atoms with Gasteiger partial charge in [-0.25, -0.2) is 4.39 Å². The Kier molecular flexibility index (Phi) is 5.02. The van der Waals surface area contributed by atoms with E-state index in [-0.39, 0.29) is 11.9 Å². The second kappa shape index (κ2) is 6.05. The van der Waals surface area contributed by atoms with Crippen LogP contribution in [0.2, 0.25) is 5.02 Å². The summed E-state index contributed by atoms with van der Waals surface area (Å²) in [5, 5.41) is 3.68. The first-order valence-corrected chi connectivity index (χ1v) is 5.37. The highest BCUT2D eigenvalue weighted by molar-refractivity contribution is 6.30. The van der Waals surface area contributed by atoms with Gasteiger partial charge in [0.25, 0.3) is 0 Å². The lowest BCUT2D eigenvalue weighted by molar-refractivity contribution is 0.562. The third-order valence-corrected chi connectivity index (χ3v) is 2.33. The van der Waals surface area contributed by atoms with E-state index in [4.69, 9.17) is 17.3 Å². The minimum absolute atomic E-state index is 0.168. The summed E-state index contributed by atoms with van der Waals surface area (Å²) in [6.07, 6.45) is 0.877. The van der Waals surface area contributed by atoms with Crippen LogP contribution in [-0.2, 0) is 6.54 Å². The van der Waals surface area contributed by atoms with Crippen molar-refractivity contribution < 1.29 is 4.39 Å². The fourth-order valence-electron chi connectivity index (χ4n) is 1.23. The van der Waals surface area contributed by atoms with Crippen molar-refractivity contribution in [3.05, 3.63) is 34.6 Å². The highest BCUT2D eigenvalue weighted by Crippen LogP contribution is 2.14. The van der Waals surface area contributed by atoms with Crippen LogP contribution in [0.1, 0.15) is 18.9 Å². The Hall–Kier alpha value is -0.640. The minimum atomic E-state index is -0.229. The van der Waals surface area contributed by atoms with Gasteiger partial charge >= 0.3 is 0 Å². The predicted octanol–water partition coefficient (Wildman–Crippen LogP) is 2.31. The van der Waals surface area contributed by atoms with Gasteiger partial charge in [0.15, 0.2) is 0 Å². The van der Waals surface area contributed by atoms with E-state index in [9.17, 15) is 4.39 Å². The van der Waals surface area contributed by atoms with E-state index >= 15 is 0 Å². The van der Waals surface area contributed by atoms with Gasteiger partial charge in [0, 0.05) is 23.2 Å². The summed E-state index contributed by atoms with van der Waals surface area (Å²) in [4.78, 5) is 0. The van der Waals surface area contributed by atoms with Crippen LogP contribution in [0.15, 0.2) is 18.2 Å². The first kappa shape index (κ1) is 12.4. The van der Waals surface area contributed by atoms with E-state index in [1.54, 1.807) is 12.1 Å². The van der Waals surface area contributed by atoms with E-state index in [1.807, 2.05) is 6.92 Å². The molecule has 0 fully saturated rings. The van der Waals surface area contributed by atoms with Gasteiger partial charge in [-0.1, -0.05) is 11.6 Å². The molecule has 1 rings (SSSR count). The number of halogens is 2. The Morgan fingerprint density at radius 3 is 2.93 bits per heavy atom. The summed E-state index contributed by atoms with van der Waals surface area (Å²) in [5.41, 5.74) is 6.18. The van der Waals surface area contributed by atoms with Crippen LogP contribution in [0, 0.1) is 5.82 Å². The number of hydrogen-bond acceptors (Lipinski definition) is 2. The lowest BCUT2D eigenvalue weighted by atomic mass is 10.2. The fraction of sp³-hybridized carbons (Fsp3) is 0.455. The largest absolute Gasteiger partial charge is 0.328 e. The molecule has 0 heterocycles. The fourth-order valence-corrected chi connectivity index (χ4v) is 1.43. The molecule has 1 atom stereocenters. The lowest BCUT2D eigenvalue weighted by Crippen LogP contribution is -2.23. The molecule has 0 radical (unpaired) electrons. The third-order valence-electron chi connectivity index (χ3n) is 2.10. The van der Waals surface area contributed by atoms with Crippen LogP contribution in [0.25, 0.3) is 0 Å². The molecule has 0 aliphatic rings. The van der Waals surface area contributed by atoms with E-state index in [0.29, 0.717) is 17.1 Å². The van der Waals surface area contributed by atoms with Gasteiger partial charge in [-0.2, -0.15) is 0 Å². The number of nitrogens with two attached hydrogens (primary N) is 1. The number of rotatable bonds is 5. The van der Waals surface area contributed by atoms with Crippen LogP contribution in [-0.4, -0.2) is 12.6 Å². The first-order valence-electron chi connectivity index (χ1n) is 5.00. The molecule has 0 aliphatic carbocycles. The van der Waals surface area contributed by atoms with Crippen LogP contribution in [0.5, 0.6) is 0 Å². The molecule has 0 aromatic heterocycles. The quantitative estimate of drug-likeness (QED) is 0.762. The minimum Gasteiger partial charge on any atom is -0.328 e. The second-order valence-electron chi connectivity index (χ2n) is 3.68. The monoisotopic (exact) mass is 230 g/mol. The van der Waals surface area contributed by atoms with Gasteiger partial charge < -0.3 is 11.1 Å². The first-order chi connectivity index (χ1) is 7.09. The summed E-state index contributed by atoms with van der Waals surface area (Å²) in [6, 6.07) is 4.73. The van der Waals surface area contributed by atoms with Crippen molar-refractivity contribution in [3.8, 4) is 0 Å². The van der Waals surface area contributed by atoms with Crippen LogP contribution in [0.3, 0.4) is 0 Å². The van der Waals surface area contributed by atoms with E-state index in [2.05, 4.69) is 5.32 Å². The van der Waals surface area contributed by atoms with Crippen LogP contribution >= 0.6 is 11.6 Å². The summed E-state index contributed by atoms with van der Waals surface area (Å²) < 4.78 is 13.2. The van der Waals surface area contributed by atoms with Crippen molar-refractivity contribution in [2.75, 3.05) is 6.54 Å². The normalized spacial score (nSPS) is 12.8. The molecule has 0 spiro atoms. The maximum absolute atomic E-state index is 13.2. The highest BCUT2D eigenvalue weighted by Gasteiger charge is 2.02. The van der Waals surface area contributed by atoms with Crippen molar-refractivity contribution in [1.82, 2.24) is 5.32 Å². The Bertz CT molecular complexity index is 315. The summed E-state index contributed by atoms with van der Waals surface area (Å²) in [5.74, 6) is -0.229. The van der Waals surface area contributed by atoms with Gasteiger partial charge in [-0.15, -0.1) is 0 Å². The summed E-state index contributed by atoms with van der Waals surface area (Å²) in [6.45, 7) is 3.21. The molecule has 3 N–H and O–H groups in total. The molecule has 0 aliphatic heterocycles. The molecule has 15 heavy (non-hydrogen) atoms. The van der Waals surface area contributed by atoms with Gasteiger partial charge in [0.05, 0.1) is 0 Å². The van der Waals surface area contributed by atoms with Gasteiger partial charge in [0.2, 0.25) is 0 Å². The topological polar surface area (TPSA) is 38.0 Å². The Morgan fingerprint density at radius 2 is 2.27 bits per heavy atom. The zero-order valence-corrected chi connectivity index (χ0v) is 9.52. The van der Waals surface area contributed by atoms with Crippen molar-refractivity contribution >= 4 is 11.6 Å². The Balaban J connectivity index is 2.40. The molecule has 84 valence electrons. The average Bonchev–Trinajstić information content (AvgIpc) is 2.17. The van der Waals surface area contributed by atoms with Crippen LogP contribution < -0.4 is 11.1 Å². The maximum atomic E-state index is 13.2. The molecular formula is C11H16ClFN2. The lowest BCUT2D eigenvalue weighted by Gasteiger charge is -2.08. The molecule has 0 saturated carbocycles. The van der Waals surface area contributed by atoms with Gasteiger partial charge in [-0.05, 0) is 38.1 Å². The third kappa shape index (κ3) is 4.60. The molecule has 4 heteroatoms. The van der Waals surface area contributed by atoms with Gasteiger partial charge in [-0.3, -0.25) is 0 Å². The molecule has 0 bridgehead atoms. The molecule has 2 nitrogen and oxygen atoms in total. The summed E-state index contributed by atoms with van der Waals surface area (Å²) in [7, 11) is 0. The molecule has 1 aromatic rings. The van der Waals surface area contributed by atoms with E-state index < -0.39 is 0 Å². The SMILES string of the molecule is CC(N)CCNCc1cc(Cl)ccc1F. The molecule has 0 saturated heterocycles. The van der Waals surface area contributed by atoms with E-state index in [0.717, 1.165) is 13.0 Å². The van der Waals surface area contributed by atoms with E-state index in [1.165, 1.54) is 6.07 Å². The second-order valence-corrected chi connectivity index (χ2v) is 4.11. The van der Waals surface area contributed by atoms with Gasteiger partial charge in [0.1, 0.15) is 5.82 Å². The Morgan fingerprint density at radius 1 is 1.53 bits per heavy atom. The maximum Gasteiger partial charge on any atom is 0.127 e. The summed E-state index contributed by atoms with van der Waals surface area (Å²) >= 11 is 5.77. The molecule has 1 aromatic carbocycles. The molecule has 0 amide bonds. The zero-order valence-electron chi connectivity index (χ0n) is 8.76. The van der Waals surface area contributed by atoms with Crippen molar-refractivity contribution in [2.45, 2.75) is 25.9 Å². The smallest absolute Gasteiger partial charge is 0.127 e. The zero-order chi connectivity index (χ0) is 11.3. The van der Waals surface area contributed by atoms with Crippen molar-refractivity contribution in [1.29, 1.82) is 0 Å². The average molecular weight is 231 g/mol. The number of benzene rings is 1. The number of nitrogens with one attached hydrogen (secondary N) is 1. The number of hydrogen-bond donors (Lipinski definition) is 2. The molecule has 1 unspecified atom stereocenters. The van der Waals surface area contributed by atoms with Crippen molar-refractivity contribution in [2.24, 2.45) is 5.73 Å².